The average molecular weight is 527 g/mol. The van der Waals surface area contributed by atoms with Crippen LogP contribution in [0.5, 0.6) is 5.75 Å². The smallest absolute Gasteiger partial charge is 0.256 e. The van der Waals surface area contributed by atoms with E-state index in [4.69, 9.17) is 17.0 Å². The van der Waals surface area contributed by atoms with Gasteiger partial charge in [0.2, 0.25) is 5.91 Å². The molecule has 0 unspecified atom stereocenters. The zero-order valence-corrected chi connectivity index (χ0v) is 22.7. The minimum atomic E-state index is -0.641. The lowest BCUT2D eigenvalue weighted by atomic mass is 9.99. The van der Waals surface area contributed by atoms with E-state index in [2.05, 4.69) is 17.1 Å². The number of ether oxygens (including phenoxy) is 1. The van der Waals surface area contributed by atoms with E-state index in [0.717, 1.165) is 36.1 Å². The Balaban J connectivity index is 1.51. The zero-order chi connectivity index (χ0) is 25.7. The van der Waals surface area contributed by atoms with Crippen LogP contribution in [0.2, 0.25) is 0 Å². The van der Waals surface area contributed by atoms with Gasteiger partial charge in [-0.15, -0.1) is 11.8 Å². The van der Waals surface area contributed by atoms with E-state index in [9.17, 15) is 9.59 Å². The number of methoxy groups -OCH3 is 1. The highest BCUT2D eigenvalue weighted by molar-refractivity contribution is 7.98. The van der Waals surface area contributed by atoms with Crippen molar-refractivity contribution in [3.63, 3.8) is 0 Å². The van der Waals surface area contributed by atoms with E-state index >= 15 is 0 Å². The van der Waals surface area contributed by atoms with Crippen LogP contribution in [0.4, 0.5) is 11.4 Å². The molecule has 0 saturated carbocycles. The molecule has 0 spiro atoms. The van der Waals surface area contributed by atoms with Crippen molar-refractivity contribution in [2.75, 3.05) is 49.8 Å². The summed E-state index contributed by atoms with van der Waals surface area (Å²) in [6.07, 6.45) is 4.40. The van der Waals surface area contributed by atoms with Crippen molar-refractivity contribution in [1.29, 1.82) is 0 Å². The lowest BCUT2D eigenvalue weighted by Gasteiger charge is -2.32. The highest BCUT2D eigenvalue weighted by Crippen LogP contribution is 2.30. The SMILES string of the molecule is COc1ccc(NC(=O)C[C@@H]2C(=O)N(c3cccc(SC)c3)C(=S)N2CCN2CCC(C)CC2)cc1. The number of rotatable bonds is 9. The normalized spacial score (nSPS) is 19.1. The molecular formula is C27H34N4O3S2. The van der Waals surface area contributed by atoms with Gasteiger partial charge in [-0.05, 0) is 92.8 Å². The molecule has 2 fully saturated rings. The van der Waals surface area contributed by atoms with Gasteiger partial charge in [0, 0.05) is 23.7 Å². The van der Waals surface area contributed by atoms with E-state index in [1.807, 2.05) is 35.4 Å². The van der Waals surface area contributed by atoms with E-state index in [1.54, 1.807) is 48.0 Å². The van der Waals surface area contributed by atoms with Crippen LogP contribution in [-0.2, 0) is 9.59 Å². The molecule has 2 aromatic rings. The Morgan fingerprint density at radius 3 is 2.53 bits per heavy atom. The van der Waals surface area contributed by atoms with Crippen LogP contribution in [0.15, 0.2) is 53.4 Å². The van der Waals surface area contributed by atoms with Crippen LogP contribution in [0.1, 0.15) is 26.2 Å². The second-order valence-electron chi connectivity index (χ2n) is 9.37. The highest BCUT2D eigenvalue weighted by atomic mass is 32.2. The van der Waals surface area contributed by atoms with Crippen molar-refractivity contribution < 1.29 is 14.3 Å². The van der Waals surface area contributed by atoms with Crippen molar-refractivity contribution in [2.45, 2.75) is 37.1 Å². The Morgan fingerprint density at radius 1 is 1.14 bits per heavy atom. The van der Waals surface area contributed by atoms with Gasteiger partial charge in [-0.3, -0.25) is 14.5 Å². The first-order valence-electron chi connectivity index (χ1n) is 12.3. The Morgan fingerprint density at radius 2 is 1.86 bits per heavy atom. The zero-order valence-electron chi connectivity index (χ0n) is 21.1. The van der Waals surface area contributed by atoms with E-state index < -0.39 is 6.04 Å². The number of nitrogens with zero attached hydrogens (tertiary/aromatic N) is 3. The van der Waals surface area contributed by atoms with Crippen molar-refractivity contribution in [3.05, 3.63) is 48.5 Å². The number of thiocarbonyl (C=S) groups is 1. The van der Waals surface area contributed by atoms with Crippen LogP contribution < -0.4 is 15.0 Å². The number of carbonyl (C=O) groups excluding carboxylic acids is 2. The second-order valence-corrected chi connectivity index (χ2v) is 10.6. The summed E-state index contributed by atoms with van der Waals surface area (Å²) in [4.78, 5) is 33.7. The van der Waals surface area contributed by atoms with Crippen LogP contribution in [0.25, 0.3) is 0 Å². The fourth-order valence-electron chi connectivity index (χ4n) is 4.67. The largest absolute Gasteiger partial charge is 0.497 e. The Bertz CT molecular complexity index is 1090. The molecule has 4 rings (SSSR count). The maximum absolute atomic E-state index is 13.7. The number of hydrogen-bond acceptors (Lipinski definition) is 6. The molecule has 0 radical (unpaired) electrons. The summed E-state index contributed by atoms with van der Waals surface area (Å²) in [5.74, 6) is 1.09. The first-order chi connectivity index (χ1) is 17.4. The number of piperidine rings is 1. The fraction of sp³-hybridized carbons (Fsp3) is 0.444. The summed E-state index contributed by atoms with van der Waals surface area (Å²) in [6.45, 7) is 5.83. The third kappa shape index (κ3) is 6.19. The van der Waals surface area contributed by atoms with Gasteiger partial charge in [0.15, 0.2) is 5.11 Å². The number of benzene rings is 2. The lowest BCUT2D eigenvalue weighted by Crippen LogP contribution is -2.44. The van der Waals surface area contributed by atoms with Crippen molar-refractivity contribution >= 4 is 52.3 Å². The molecule has 9 heteroatoms. The van der Waals surface area contributed by atoms with Crippen molar-refractivity contribution in [1.82, 2.24) is 9.80 Å². The summed E-state index contributed by atoms with van der Waals surface area (Å²) in [5.41, 5.74) is 1.40. The molecule has 1 N–H and O–H groups in total. The molecular weight excluding hydrogens is 492 g/mol. The third-order valence-electron chi connectivity index (χ3n) is 6.92. The molecule has 7 nitrogen and oxygen atoms in total. The number of amides is 2. The Kier molecular flexibility index (Phi) is 8.87. The Labute approximate surface area is 223 Å². The average Bonchev–Trinajstić information content (AvgIpc) is 3.12. The molecule has 2 aromatic carbocycles. The Hall–Kier alpha value is -2.62. The predicted octanol–water partition coefficient (Wildman–Crippen LogP) is 4.48. The molecule has 2 heterocycles. The van der Waals surface area contributed by atoms with Crippen LogP contribution in [0, 0.1) is 5.92 Å². The molecule has 0 aromatic heterocycles. The molecule has 2 aliphatic rings. The van der Waals surface area contributed by atoms with Crippen LogP contribution in [-0.4, -0.2) is 72.3 Å². The standard InChI is InChI=1S/C27H34N4O3S2/c1-19-11-13-29(14-12-19)15-16-30-24(18-25(32)28-20-7-9-22(34-2)10-8-20)26(33)31(27(30)35)21-5-4-6-23(17-21)36-3/h4-10,17,19,24H,11-16,18H2,1-3H3,(H,28,32)/t24-/m1/s1. The van der Waals surface area contributed by atoms with Gasteiger partial charge in [0.1, 0.15) is 11.8 Å². The molecule has 0 bridgehead atoms. The van der Waals surface area contributed by atoms with Crippen molar-refractivity contribution in [3.8, 4) is 5.75 Å². The molecule has 192 valence electrons. The van der Waals surface area contributed by atoms with Crippen molar-refractivity contribution in [2.24, 2.45) is 5.92 Å². The number of hydrogen-bond donors (Lipinski definition) is 1. The molecule has 1 atom stereocenters. The quantitative estimate of drug-likeness (QED) is 0.382. The molecule has 0 aliphatic carbocycles. The highest BCUT2D eigenvalue weighted by Gasteiger charge is 2.44. The number of likely N-dealkylation sites (tertiary alicyclic amines) is 1. The summed E-state index contributed by atoms with van der Waals surface area (Å²) in [7, 11) is 1.60. The van der Waals surface area contributed by atoms with E-state index in [1.165, 1.54) is 12.8 Å². The van der Waals surface area contributed by atoms with Gasteiger partial charge in [0.25, 0.3) is 5.91 Å². The second kappa shape index (κ2) is 12.1. The predicted molar refractivity (Wildman–Crippen MR) is 150 cm³/mol. The first kappa shape index (κ1) is 26.4. The maximum atomic E-state index is 13.7. The minimum Gasteiger partial charge on any atom is -0.497 e. The monoisotopic (exact) mass is 526 g/mol. The topological polar surface area (TPSA) is 65.1 Å². The van der Waals surface area contributed by atoms with Crippen LogP contribution in [0.3, 0.4) is 0 Å². The summed E-state index contributed by atoms with van der Waals surface area (Å²) >= 11 is 7.45. The van der Waals surface area contributed by atoms with Gasteiger partial charge >= 0.3 is 0 Å². The first-order valence-corrected chi connectivity index (χ1v) is 14.0. The third-order valence-corrected chi connectivity index (χ3v) is 8.06. The van der Waals surface area contributed by atoms with Gasteiger partial charge in [-0.2, -0.15) is 0 Å². The molecule has 2 saturated heterocycles. The summed E-state index contributed by atoms with van der Waals surface area (Å²) in [5, 5.41) is 3.37. The van der Waals surface area contributed by atoms with E-state index in [-0.39, 0.29) is 18.2 Å². The molecule has 2 amide bonds. The van der Waals surface area contributed by atoms with Crippen LogP contribution >= 0.6 is 24.0 Å². The van der Waals surface area contributed by atoms with E-state index in [0.29, 0.717) is 23.1 Å². The fourth-order valence-corrected chi connectivity index (χ4v) is 5.54. The number of nitrogens with one attached hydrogen (secondary N) is 1. The molecule has 2 aliphatic heterocycles. The van der Waals surface area contributed by atoms with Gasteiger partial charge in [0.05, 0.1) is 19.2 Å². The van der Waals surface area contributed by atoms with Gasteiger partial charge < -0.3 is 19.9 Å². The summed E-state index contributed by atoms with van der Waals surface area (Å²) < 4.78 is 5.19. The minimum absolute atomic E-state index is 0.0285. The number of thioether (sulfide) groups is 1. The summed E-state index contributed by atoms with van der Waals surface area (Å²) in [6, 6.07) is 14.3. The lowest BCUT2D eigenvalue weighted by molar-refractivity contribution is -0.124. The maximum Gasteiger partial charge on any atom is 0.256 e. The molecule has 36 heavy (non-hydrogen) atoms. The number of carbonyl (C=O) groups is 2. The van der Waals surface area contributed by atoms with Gasteiger partial charge in [-0.1, -0.05) is 13.0 Å². The van der Waals surface area contributed by atoms with Gasteiger partial charge in [-0.25, -0.2) is 0 Å². The number of anilines is 2.